The number of carbonyl (C=O) groups is 1. The highest BCUT2D eigenvalue weighted by atomic mass is 16.6. The van der Waals surface area contributed by atoms with Crippen molar-refractivity contribution in [2.75, 3.05) is 19.7 Å². The number of nitrogens with one attached hydrogen (secondary N) is 1. The second-order valence-electron chi connectivity index (χ2n) is 5.56. The monoisotopic (exact) mass is 260 g/mol. The zero-order chi connectivity index (χ0) is 13.8. The van der Waals surface area contributed by atoms with E-state index in [9.17, 15) is 9.90 Å². The summed E-state index contributed by atoms with van der Waals surface area (Å²) < 4.78 is 5.36. The number of aliphatic hydroxyl groups excluding tert-OH is 2. The van der Waals surface area contributed by atoms with Crippen molar-refractivity contribution in [3.05, 3.63) is 0 Å². The van der Waals surface area contributed by atoms with Crippen LogP contribution in [-0.2, 0) is 9.53 Å². The van der Waals surface area contributed by atoms with Gasteiger partial charge in [-0.15, -0.1) is 0 Å². The predicted octanol–water partition coefficient (Wildman–Crippen LogP) is -0.350. The number of nitrogens with zero attached hydrogens (tertiary/aromatic N) is 1. The summed E-state index contributed by atoms with van der Waals surface area (Å²) in [5.74, 6) is -0.236. The Labute approximate surface area is 108 Å². The first-order valence-corrected chi connectivity index (χ1v) is 6.32. The van der Waals surface area contributed by atoms with E-state index in [1.807, 2.05) is 20.8 Å². The fourth-order valence-corrected chi connectivity index (χ4v) is 1.97. The van der Waals surface area contributed by atoms with E-state index < -0.39 is 18.6 Å². The first-order valence-electron chi connectivity index (χ1n) is 6.32. The summed E-state index contributed by atoms with van der Waals surface area (Å²) in [5, 5.41) is 21.4. The van der Waals surface area contributed by atoms with E-state index in [0.717, 1.165) is 12.8 Å². The molecule has 0 aromatic heterocycles. The van der Waals surface area contributed by atoms with E-state index in [0.29, 0.717) is 13.1 Å². The number of hydrogen-bond donors (Lipinski definition) is 3. The topological polar surface area (TPSA) is 82.0 Å². The predicted molar refractivity (Wildman–Crippen MR) is 66.7 cm³/mol. The molecule has 1 heterocycles. The number of piperidine rings is 1. The molecule has 0 bridgehead atoms. The smallest absolute Gasteiger partial charge is 0.248 e. The Kier molecular flexibility index (Phi) is 5.52. The van der Waals surface area contributed by atoms with Gasteiger partial charge in [-0.05, 0) is 33.6 Å². The zero-order valence-corrected chi connectivity index (χ0v) is 11.3. The Morgan fingerprint density at radius 1 is 1.44 bits per heavy atom. The summed E-state index contributed by atoms with van der Waals surface area (Å²) in [7, 11) is 0. The molecule has 1 fully saturated rings. The van der Waals surface area contributed by atoms with Crippen LogP contribution in [0.3, 0.4) is 0 Å². The number of amides is 1. The molecule has 0 aromatic carbocycles. The van der Waals surface area contributed by atoms with Crippen LogP contribution < -0.4 is 5.32 Å². The van der Waals surface area contributed by atoms with E-state index in [2.05, 4.69) is 5.32 Å². The van der Waals surface area contributed by atoms with Gasteiger partial charge in [0.1, 0.15) is 6.61 Å². The van der Waals surface area contributed by atoms with Gasteiger partial charge in [-0.1, -0.05) is 0 Å². The Hall–Kier alpha value is -0.690. The molecule has 1 unspecified atom stereocenters. The van der Waals surface area contributed by atoms with E-state index >= 15 is 0 Å². The average molecular weight is 260 g/mol. The van der Waals surface area contributed by atoms with E-state index in [1.165, 1.54) is 0 Å². The van der Waals surface area contributed by atoms with Gasteiger partial charge in [-0.3, -0.25) is 10.1 Å². The van der Waals surface area contributed by atoms with Gasteiger partial charge in [0.05, 0.1) is 5.60 Å². The van der Waals surface area contributed by atoms with Crippen LogP contribution in [0, 0.1) is 0 Å². The minimum Gasteiger partial charge on any atom is -0.387 e. The zero-order valence-electron chi connectivity index (χ0n) is 11.3. The Morgan fingerprint density at radius 2 is 2.00 bits per heavy atom. The van der Waals surface area contributed by atoms with Crippen molar-refractivity contribution in [2.24, 2.45) is 0 Å². The molecule has 3 N–H and O–H groups in total. The van der Waals surface area contributed by atoms with E-state index in [-0.39, 0.29) is 11.9 Å². The lowest BCUT2D eigenvalue weighted by Gasteiger charge is -2.34. The van der Waals surface area contributed by atoms with Crippen LogP contribution in [0.4, 0.5) is 0 Å². The SMILES string of the molecule is CC(C)(C)OC(O)NC1CCN(C(=O)CO)CC1. The second-order valence-corrected chi connectivity index (χ2v) is 5.56. The lowest BCUT2D eigenvalue weighted by molar-refractivity contribution is -0.187. The summed E-state index contributed by atoms with van der Waals surface area (Å²) in [6.45, 7) is 6.38. The Bertz CT molecular complexity index is 270. The molecule has 1 aliphatic rings. The molecule has 0 spiro atoms. The van der Waals surface area contributed by atoms with Crippen molar-refractivity contribution in [3.63, 3.8) is 0 Å². The molecule has 1 saturated heterocycles. The third-order valence-electron chi connectivity index (χ3n) is 2.83. The van der Waals surface area contributed by atoms with Gasteiger partial charge < -0.3 is 19.8 Å². The van der Waals surface area contributed by atoms with Crippen LogP contribution in [0.2, 0.25) is 0 Å². The van der Waals surface area contributed by atoms with Crippen molar-refractivity contribution < 1.29 is 19.7 Å². The molecule has 6 nitrogen and oxygen atoms in total. The molecule has 106 valence electrons. The highest BCUT2D eigenvalue weighted by molar-refractivity contribution is 5.77. The highest BCUT2D eigenvalue weighted by Crippen LogP contribution is 2.13. The number of rotatable bonds is 4. The molecule has 1 amide bonds. The van der Waals surface area contributed by atoms with Crippen molar-refractivity contribution in [1.29, 1.82) is 0 Å². The van der Waals surface area contributed by atoms with Gasteiger partial charge in [0, 0.05) is 19.1 Å². The van der Waals surface area contributed by atoms with Gasteiger partial charge in [0.2, 0.25) is 12.3 Å². The molecule has 6 heteroatoms. The molecule has 0 radical (unpaired) electrons. The molecule has 18 heavy (non-hydrogen) atoms. The molecule has 0 aromatic rings. The van der Waals surface area contributed by atoms with E-state index in [1.54, 1.807) is 4.90 Å². The molecule has 0 aliphatic carbocycles. The lowest BCUT2D eigenvalue weighted by Crippen LogP contribution is -2.50. The van der Waals surface area contributed by atoms with Crippen LogP contribution in [0.15, 0.2) is 0 Å². The lowest BCUT2D eigenvalue weighted by atomic mass is 10.1. The fraction of sp³-hybridized carbons (Fsp3) is 0.917. The fourth-order valence-electron chi connectivity index (χ4n) is 1.97. The van der Waals surface area contributed by atoms with Gasteiger partial charge in [0.25, 0.3) is 0 Å². The van der Waals surface area contributed by atoms with Crippen LogP contribution in [0.25, 0.3) is 0 Å². The third-order valence-corrected chi connectivity index (χ3v) is 2.83. The van der Waals surface area contributed by atoms with Crippen LogP contribution >= 0.6 is 0 Å². The highest BCUT2D eigenvalue weighted by Gasteiger charge is 2.25. The Balaban J connectivity index is 2.29. The van der Waals surface area contributed by atoms with Gasteiger partial charge in [-0.25, -0.2) is 0 Å². The molecular weight excluding hydrogens is 236 g/mol. The summed E-state index contributed by atoms with van der Waals surface area (Å²) in [5.41, 5.74) is -0.403. The Morgan fingerprint density at radius 3 is 2.44 bits per heavy atom. The number of likely N-dealkylation sites (tertiary alicyclic amines) is 1. The van der Waals surface area contributed by atoms with Crippen molar-refractivity contribution >= 4 is 5.91 Å². The van der Waals surface area contributed by atoms with Gasteiger partial charge >= 0.3 is 0 Å². The molecule has 1 rings (SSSR count). The average Bonchev–Trinajstić information content (AvgIpc) is 2.26. The van der Waals surface area contributed by atoms with Gasteiger partial charge in [0.15, 0.2) is 0 Å². The summed E-state index contributed by atoms with van der Waals surface area (Å²) in [4.78, 5) is 12.9. The first-order chi connectivity index (χ1) is 8.31. The van der Waals surface area contributed by atoms with Crippen LogP contribution in [0.1, 0.15) is 33.6 Å². The van der Waals surface area contributed by atoms with Crippen molar-refractivity contribution in [1.82, 2.24) is 10.2 Å². The van der Waals surface area contributed by atoms with Crippen LogP contribution in [-0.4, -0.2) is 58.8 Å². The van der Waals surface area contributed by atoms with Crippen LogP contribution in [0.5, 0.6) is 0 Å². The number of carbonyl (C=O) groups excluding carboxylic acids is 1. The normalized spacial score (nSPS) is 19.9. The largest absolute Gasteiger partial charge is 0.387 e. The maximum Gasteiger partial charge on any atom is 0.248 e. The number of ether oxygens (including phenoxy) is 1. The minimum absolute atomic E-state index is 0.130. The number of aliphatic hydroxyl groups is 2. The molecule has 1 aliphatic heterocycles. The minimum atomic E-state index is -0.991. The maximum absolute atomic E-state index is 11.3. The first kappa shape index (κ1) is 15.4. The summed E-state index contributed by atoms with van der Waals surface area (Å²) in [6, 6.07) is 0.130. The standard InChI is InChI=1S/C12H24N2O4/c1-12(2,3)18-11(17)13-9-4-6-14(7-5-9)10(16)8-15/h9,11,13,15,17H,4-8H2,1-3H3. The van der Waals surface area contributed by atoms with E-state index in [4.69, 9.17) is 9.84 Å². The molecular formula is C12H24N2O4. The third kappa shape index (κ3) is 5.30. The summed E-state index contributed by atoms with van der Waals surface area (Å²) >= 11 is 0. The van der Waals surface area contributed by atoms with Crippen molar-refractivity contribution in [3.8, 4) is 0 Å². The van der Waals surface area contributed by atoms with Gasteiger partial charge in [-0.2, -0.15) is 0 Å². The second kappa shape index (κ2) is 6.47. The quantitative estimate of drug-likeness (QED) is 0.602. The molecule has 1 atom stereocenters. The van der Waals surface area contributed by atoms with Crippen molar-refractivity contribution in [2.45, 2.75) is 51.7 Å². The molecule has 0 saturated carbocycles. The maximum atomic E-state index is 11.3. The summed E-state index contributed by atoms with van der Waals surface area (Å²) in [6.07, 6.45) is 0.502. The number of hydrogen-bond acceptors (Lipinski definition) is 5.